The molecule has 0 saturated carbocycles. The molecule has 0 aromatic heterocycles. The molecule has 2 aromatic carbocycles. The molecule has 0 fully saturated rings. The molecule has 0 saturated heterocycles. The highest BCUT2D eigenvalue weighted by atomic mass is 16.5. The Balaban J connectivity index is 2.09. The summed E-state index contributed by atoms with van der Waals surface area (Å²) in [6.07, 6.45) is 0. The fourth-order valence-electron chi connectivity index (χ4n) is 2.03. The van der Waals surface area contributed by atoms with E-state index < -0.39 is 11.9 Å². The minimum atomic E-state index is -1.01. The SMILES string of the molecule is Cc1cccc(N(CC(=O)O)CC(=O)Oc2ccccc2)c1. The molecule has 2 aromatic rings. The van der Waals surface area contributed by atoms with Crippen LogP contribution >= 0.6 is 0 Å². The second-order valence-electron chi connectivity index (χ2n) is 4.88. The predicted octanol–water partition coefficient (Wildman–Crippen LogP) is 2.49. The zero-order valence-electron chi connectivity index (χ0n) is 12.2. The number of esters is 1. The lowest BCUT2D eigenvalue weighted by Crippen LogP contribution is -2.36. The van der Waals surface area contributed by atoms with Crippen molar-refractivity contribution in [1.82, 2.24) is 0 Å². The summed E-state index contributed by atoms with van der Waals surface area (Å²) in [5.41, 5.74) is 1.66. The smallest absolute Gasteiger partial charge is 0.330 e. The van der Waals surface area contributed by atoms with Gasteiger partial charge in [-0.05, 0) is 36.8 Å². The monoisotopic (exact) mass is 299 g/mol. The van der Waals surface area contributed by atoms with Gasteiger partial charge in [-0.25, -0.2) is 4.79 Å². The topological polar surface area (TPSA) is 66.8 Å². The number of aryl methyl sites for hydroxylation is 1. The molecule has 0 spiro atoms. The van der Waals surface area contributed by atoms with Crippen LogP contribution in [0.3, 0.4) is 0 Å². The average molecular weight is 299 g/mol. The summed E-state index contributed by atoms with van der Waals surface area (Å²) in [4.78, 5) is 24.5. The highest BCUT2D eigenvalue weighted by molar-refractivity contribution is 5.81. The van der Waals surface area contributed by atoms with E-state index in [2.05, 4.69) is 0 Å². The molecule has 0 unspecified atom stereocenters. The van der Waals surface area contributed by atoms with Gasteiger partial charge >= 0.3 is 11.9 Å². The van der Waals surface area contributed by atoms with Crippen molar-refractivity contribution < 1.29 is 19.4 Å². The first-order chi connectivity index (χ1) is 10.5. The summed E-state index contributed by atoms with van der Waals surface area (Å²) in [5, 5.41) is 9.02. The van der Waals surface area contributed by atoms with Crippen LogP contribution in [0, 0.1) is 6.92 Å². The summed E-state index contributed by atoms with van der Waals surface area (Å²) in [6.45, 7) is 1.50. The fourth-order valence-corrected chi connectivity index (χ4v) is 2.03. The van der Waals surface area contributed by atoms with Crippen molar-refractivity contribution in [2.75, 3.05) is 18.0 Å². The molecule has 0 heterocycles. The molecule has 22 heavy (non-hydrogen) atoms. The lowest BCUT2D eigenvalue weighted by atomic mass is 10.2. The number of aliphatic carboxylic acids is 1. The van der Waals surface area contributed by atoms with Crippen molar-refractivity contribution in [3.8, 4) is 5.75 Å². The molecule has 0 radical (unpaired) electrons. The Morgan fingerprint density at radius 1 is 1.05 bits per heavy atom. The Bertz CT molecular complexity index is 655. The fraction of sp³-hybridized carbons (Fsp3) is 0.176. The van der Waals surface area contributed by atoms with Crippen LogP contribution in [0.15, 0.2) is 54.6 Å². The minimum Gasteiger partial charge on any atom is -0.480 e. The summed E-state index contributed by atoms with van der Waals surface area (Å²) < 4.78 is 5.20. The van der Waals surface area contributed by atoms with Gasteiger partial charge < -0.3 is 14.7 Å². The van der Waals surface area contributed by atoms with Gasteiger partial charge in [-0.15, -0.1) is 0 Å². The zero-order chi connectivity index (χ0) is 15.9. The van der Waals surface area contributed by atoms with Gasteiger partial charge in [0, 0.05) is 5.69 Å². The van der Waals surface area contributed by atoms with E-state index in [0.29, 0.717) is 11.4 Å². The van der Waals surface area contributed by atoms with Gasteiger partial charge in [0.1, 0.15) is 18.8 Å². The molecule has 0 aliphatic heterocycles. The second-order valence-corrected chi connectivity index (χ2v) is 4.88. The molecular weight excluding hydrogens is 282 g/mol. The van der Waals surface area contributed by atoms with E-state index in [0.717, 1.165) is 5.56 Å². The normalized spacial score (nSPS) is 10.0. The summed E-state index contributed by atoms with van der Waals surface area (Å²) in [7, 11) is 0. The maximum absolute atomic E-state index is 12.0. The first-order valence-electron chi connectivity index (χ1n) is 6.84. The quantitative estimate of drug-likeness (QED) is 0.655. The third-order valence-corrected chi connectivity index (χ3v) is 2.99. The molecular formula is C17H17NO4. The molecule has 5 heteroatoms. The Kier molecular flexibility index (Phi) is 5.14. The maximum Gasteiger partial charge on any atom is 0.330 e. The predicted molar refractivity (Wildman–Crippen MR) is 83.1 cm³/mol. The number of ether oxygens (including phenoxy) is 1. The Morgan fingerprint density at radius 3 is 2.41 bits per heavy atom. The third kappa shape index (κ3) is 4.63. The van der Waals surface area contributed by atoms with Crippen LogP contribution in [0.25, 0.3) is 0 Å². The van der Waals surface area contributed by atoms with Gasteiger partial charge in [-0.2, -0.15) is 0 Å². The zero-order valence-corrected chi connectivity index (χ0v) is 12.2. The van der Waals surface area contributed by atoms with Crippen LogP contribution in [0.4, 0.5) is 5.69 Å². The molecule has 5 nitrogen and oxygen atoms in total. The van der Waals surface area contributed by atoms with Crippen LogP contribution in [0.2, 0.25) is 0 Å². The summed E-state index contributed by atoms with van der Waals surface area (Å²) in [5.74, 6) is -1.07. The summed E-state index contributed by atoms with van der Waals surface area (Å²) in [6, 6.07) is 16.0. The van der Waals surface area contributed by atoms with E-state index in [1.807, 2.05) is 31.2 Å². The lowest BCUT2D eigenvalue weighted by molar-refractivity contribution is -0.135. The number of carboxylic acids is 1. The second kappa shape index (κ2) is 7.26. The van der Waals surface area contributed by atoms with Crippen LogP contribution in [-0.2, 0) is 9.59 Å². The standard InChI is InChI=1S/C17H17NO4/c1-13-6-5-7-14(10-13)18(11-16(19)20)12-17(21)22-15-8-3-2-4-9-15/h2-10H,11-12H2,1H3,(H,19,20). The van der Waals surface area contributed by atoms with Gasteiger partial charge in [-0.1, -0.05) is 30.3 Å². The van der Waals surface area contributed by atoms with Crippen molar-refractivity contribution in [3.05, 3.63) is 60.2 Å². The van der Waals surface area contributed by atoms with E-state index in [4.69, 9.17) is 9.84 Å². The number of hydrogen-bond donors (Lipinski definition) is 1. The lowest BCUT2D eigenvalue weighted by Gasteiger charge is -2.22. The van der Waals surface area contributed by atoms with Crippen molar-refractivity contribution in [2.45, 2.75) is 6.92 Å². The molecule has 1 N–H and O–H groups in total. The highest BCUT2D eigenvalue weighted by Crippen LogP contribution is 2.16. The number of benzene rings is 2. The number of rotatable bonds is 6. The minimum absolute atomic E-state index is 0.134. The van der Waals surface area contributed by atoms with Crippen LogP contribution < -0.4 is 9.64 Å². The van der Waals surface area contributed by atoms with E-state index in [-0.39, 0.29) is 13.1 Å². The van der Waals surface area contributed by atoms with Gasteiger partial charge in [0.05, 0.1) is 0 Å². The van der Waals surface area contributed by atoms with Crippen molar-refractivity contribution in [1.29, 1.82) is 0 Å². The number of carbonyl (C=O) groups excluding carboxylic acids is 1. The Hall–Kier alpha value is -2.82. The first kappa shape index (κ1) is 15.6. The number of carboxylic acid groups (broad SMARTS) is 1. The van der Waals surface area contributed by atoms with Crippen LogP contribution in [0.5, 0.6) is 5.75 Å². The number of para-hydroxylation sites is 1. The van der Waals surface area contributed by atoms with Gasteiger partial charge in [-0.3, -0.25) is 4.79 Å². The molecule has 0 aliphatic carbocycles. The Labute approximate surface area is 128 Å². The Morgan fingerprint density at radius 2 is 1.77 bits per heavy atom. The van der Waals surface area contributed by atoms with Crippen molar-refractivity contribution in [3.63, 3.8) is 0 Å². The third-order valence-electron chi connectivity index (χ3n) is 2.99. The van der Waals surface area contributed by atoms with E-state index in [9.17, 15) is 9.59 Å². The van der Waals surface area contributed by atoms with Gasteiger partial charge in [0.15, 0.2) is 0 Å². The number of nitrogens with zero attached hydrogens (tertiary/aromatic N) is 1. The number of anilines is 1. The molecule has 0 aliphatic rings. The first-order valence-corrected chi connectivity index (χ1v) is 6.84. The number of hydrogen-bond acceptors (Lipinski definition) is 4. The average Bonchev–Trinajstić information content (AvgIpc) is 2.47. The largest absolute Gasteiger partial charge is 0.480 e. The van der Waals surface area contributed by atoms with Gasteiger partial charge in [0.2, 0.25) is 0 Å². The van der Waals surface area contributed by atoms with Crippen LogP contribution in [-0.4, -0.2) is 30.1 Å². The molecule has 114 valence electrons. The van der Waals surface area contributed by atoms with E-state index in [1.54, 1.807) is 30.3 Å². The van der Waals surface area contributed by atoms with Crippen LogP contribution in [0.1, 0.15) is 5.56 Å². The highest BCUT2D eigenvalue weighted by Gasteiger charge is 2.16. The number of carbonyl (C=O) groups is 2. The molecule has 0 amide bonds. The van der Waals surface area contributed by atoms with E-state index >= 15 is 0 Å². The molecule has 2 rings (SSSR count). The van der Waals surface area contributed by atoms with Crippen molar-refractivity contribution in [2.24, 2.45) is 0 Å². The van der Waals surface area contributed by atoms with Gasteiger partial charge in [0.25, 0.3) is 0 Å². The maximum atomic E-state index is 12.0. The van der Waals surface area contributed by atoms with Crippen molar-refractivity contribution >= 4 is 17.6 Å². The van der Waals surface area contributed by atoms with E-state index in [1.165, 1.54) is 4.90 Å². The molecule has 0 bridgehead atoms. The summed E-state index contributed by atoms with van der Waals surface area (Å²) >= 11 is 0. The molecule has 0 atom stereocenters.